The lowest BCUT2D eigenvalue weighted by Gasteiger charge is -2.04. The van der Waals surface area contributed by atoms with Gasteiger partial charge in [0.15, 0.2) is 11.6 Å². The molecule has 0 heterocycles. The van der Waals surface area contributed by atoms with E-state index in [4.69, 9.17) is 0 Å². The van der Waals surface area contributed by atoms with Crippen LogP contribution in [0.3, 0.4) is 0 Å². The molecule has 0 spiro atoms. The van der Waals surface area contributed by atoms with Gasteiger partial charge in [-0.1, -0.05) is 30.3 Å². The molecular weight excluding hydrogens is 358 g/mol. The van der Waals surface area contributed by atoms with Crippen LogP contribution in [0.4, 0.5) is 4.39 Å². The van der Waals surface area contributed by atoms with Crippen LogP contribution in [0, 0.1) is 9.39 Å². The highest BCUT2D eigenvalue weighted by Gasteiger charge is 2.16. The fourth-order valence-corrected chi connectivity index (χ4v) is 2.31. The number of hydrogen-bond donors (Lipinski definition) is 0. The Hall–Kier alpha value is -1.56. The minimum Gasteiger partial charge on any atom is -0.294 e. The maximum Gasteiger partial charge on any atom is 0.171 e. The maximum atomic E-state index is 13.1. The van der Waals surface area contributed by atoms with Gasteiger partial charge in [0.25, 0.3) is 0 Å². The molecule has 0 unspecified atom stereocenters. The van der Waals surface area contributed by atoms with Crippen LogP contribution >= 0.6 is 22.6 Å². The zero-order valence-corrected chi connectivity index (χ0v) is 12.1. The van der Waals surface area contributed by atoms with Crippen LogP contribution in [-0.4, -0.2) is 11.6 Å². The second kappa shape index (κ2) is 6.06. The summed E-state index contributed by atoms with van der Waals surface area (Å²) in [6.45, 7) is 0. The summed E-state index contributed by atoms with van der Waals surface area (Å²) in [6.07, 6.45) is -0.247. The molecule has 2 rings (SSSR count). The van der Waals surface area contributed by atoms with Gasteiger partial charge in [0.05, 0.1) is 6.42 Å². The van der Waals surface area contributed by atoms with Crippen molar-refractivity contribution in [3.63, 3.8) is 0 Å². The molecule has 2 aromatic rings. The standard InChI is InChI=1S/C15H10FIO2/c16-11-6-7-13(17)12(8-11)15(19)9-14(18)10-4-2-1-3-5-10/h1-8H,9H2. The monoisotopic (exact) mass is 368 g/mol. The van der Waals surface area contributed by atoms with Gasteiger partial charge >= 0.3 is 0 Å². The van der Waals surface area contributed by atoms with Gasteiger partial charge in [-0.15, -0.1) is 0 Å². The Morgan fingerprint density at radius 1 is 1.00 bits per heavy atom. The predicted molar refractivity (Wildman–Crippen MR) is 78.8 cm³/mol. The molecule has 2 aromatic carbocycles. The molecule has 2 nitrogen and oxygen atoms in total. The fourth-order valence-electron chi connectivity index (χ4n) is 1.68. The molecule has 0 saturated heterocycles. The summed E-state index contributed by atoms with van der Waals surface area (Å²) in [7, 11) is 0. The Morgan fingerprint density at radius 2 is 1.68 bits per heavy atom. The van der Waals surface area contributed by atoms with E-state index in [0.29, 0.717) is 9.13 Å². The summed E-state index contributed by atoms with van der Waals surface area (Å²) in [5.74, 6) is -1.10. The molecule has 0 aliphatic heterocycles. The Labute approximate surface area is 123 Å². The molecule has 0 amide bonds. The van der Waals surface area contributed by atoms with Crippen molar-refractivity contribution in [3.8, 4) is 0 Å². The second-order valence-corrected chi connectivity index (χ2v) is 5.18. The Bertz CT molecular complexity index is 623. The van der Waals surface area contributed by atoms with Crippen LogP contribution in [0.25, 0.3) is 0 Å². The molecule has 0 atom stereocenters. The lowest BCUT2D eigenvalue weighted by atomic mass is 10.0. The normalized spacial score (nSPS) is 10.2. The fraction of sp³-hybridized carbons (Fsp3) is 0.0667. The zero-order valence-electron chi connectivity index (χ0n) is 9.90. The van der Waals surface area contributed by atoms with Gasteiger partial charge in [-0.05, 0) is 40.8 Å². The minimum atomic E-state index is -0.476. The van der Waals surface area contributed by atoms with Crippen molar-refractivity contribution in [2.75, 3.05) is 0 Å². The predicted octanol–water partition coefficient (Wildman–Crippen LogP) is 3.89. The molecule has 19 heavy (non-hydrogen) atoms. The molecule has 0 aliphatic rings. The van der Waals surface area contributed by atoms with E-state index in [1.54, 1.807) is 30.3 Å². The SMILES string of the molecule is O=C(CC(=O)c1cc(F)ccc1I)c1ccccc1. The number of ketones is 2. The van der Waals surface area contributed by atoms with E-state index in [1.807, 2.05) is 22.6 Å². The summed E-state index contributed by atoms with van der Waals surface area (Å²) in [6, 6.07) is 12.6. The van der Waals surface area contributed by atoms with E-state index in [1.165, 1.54) is 18.2 Å². The van der Waals surface area contributed by atoms with Gasteiger partial charge < -0.3 is 0 Å². The van der Waals surface area contributed by atoms with Crippen LogP contribution in [0.2, 0.25) is 0 Å². The molecule has 0 saturated carbocycles. The van der Waals surface area contributed by atoms with Crippen molar-refractivity contribution >= 4 is 34.2 Å². The number of hydrogen-bond acceptors (Lipinski definition) is 2. The average Bonchev–Trinajstić information content (AvgIpc) is 2.42. The third-order valence-electron chi connectivity index (χ3n) is 2.65. The third kappa shape index (κ3) is 3.47. The van der Waals surface area contributed by atoms with Crippen LogP contribution in [0.5, 0.6) is 0 Å². The first-order valence-electron chi connectivity index (χ1n) is 5.64. The molecule has 0 aliphatic carbocycles. The molecule has 0 radical (unpaired) electrons. The number of rotatable bonds is 4. The van der Waals surface area contributed by atoms with Crippen LogP contribution in [0.15, 0.2) is 48.5 Å². The largest absolute Gasteiger partial charge is 0.294 e. The summed E-state index contributed by atoms with van der Waals surface area (Å²) >= 11 is 1.95. The van der Waals surface area contributed by atoms with E-state index >= 15 is 0 Å². The third-order valence-corrected chi connectivity index (χ3v) is 3.59. The van der Waals surface area contributed by atoms with Crippen LogP contribution in [-0.2, 0) is 0 Å². The lowest BCUT2D eigenvalue weighted by Crippen LogP contribution is -2.10. The quantitative estimate of drug-likeness (QED) is 0.466. The van der Waals surface area contributed by atoms with Gasteiger partial charge in [0.2, 0.25) is 0 Å². The van der Waals surface area contributed by atoms with Crippen LogP contribution < -0.4 is 0 Å². The highest BCUT2D eigenvalue weighted by Crippen LogP contribution is 2.17. The molecule has 0 bridgehead atoms. The summed E-state index contributed by atoms with van der Waals surface area (Å²) in [4.78, 5) is 23.9. The summed E-state index contributed by atoms with van der Waals surface area (Å²) in [5, 5.41) is 0. The van der Waals surface area contributed by atoms with Gasteiger partial charge in [-0.3, -0.25) is 9.59 Å². The van der Waals surface area contributed by atoms with Crippen molar-refractivity contribution in [1.29, 1.82) is 0 Å². The molecular formula is C15H10FIO2. The van der Waals surface area contributed by atoms with E-state index in [2.05, 4.69) is 0 Å². The van der Waals surface area contributed by atoms with E-state index in [-0.39, 0.29) is 23.6 Å². The number of carbonyl (C=O) groups is 2. The summed E-state index contributed by atoms with van der Waals surface area (Å²) < 4.78 is 13.8. The first kappa shape index (κ1) is 13.9. The van der Waals surface area contributed by atoms with Crippen LogP contribution in [0.1, 0.15) is 27.1 Å². The Morgan fingerprint density at radius 3 is 2.37 bits per heavy atom. The first-order chi connectivity index (χ1) is 9.08. The zero-order chi connectivity index (χ0) is 13.8. The average molecular weight is 368 g/mol. The van der Waals surface area contributed by atoms with Gasteiger partial charge in [-0.25, -0.2) is 4.39 Å². The molecule has 96 valence electrons. The van der Waals surface area contributed by atoms with Crippen molar-refractivity contribution < 1.29 is 14.0 Å². The molecule has 0 N–H and O–H groups in total. The van der Waals surface area contributed by atoms with Crippen molar-refractivity contribution in [3.05, 3.63) is 69.0 Å². The highest BCUT2D eigenvalue weighted by atomic mass is 127. The Balaban J connectivity index is 2.18. The molecule has 4 heteroatoms. The summed E-state index contributed by atoms with van der Waals surface area (Å²) in [5.41, 5.74) is 0.743. The number of benzene rings is 2. The Kier molecular flexibility index (Phi) is 4.42. The molecule has 0 aromatic heterocycles. The second-order valence-electron chi connectivity index (χ2n) is 4.01. The van der Waals surface area contributed by atoms with E-state index in [9.17, 15) is 14.0 Å². The van der Waals surface area contributed by atoms with Gasteiger partial charge in [0.1, 0.15) is 5.82 Å². The number of carbonyl (C=O) groups excluding carboxylic acids is 2. The number of Topliss-reactive ketones (excluding diaryl/α,β-unsaturated/α-hetero) is 2. The van der Waals surface area contributed by atoms with E-state index in [0.717, 1.165) is 0 Å². The first-order valence-corrected chi connectivity index (χ1v) is 6.72. The highest BCUT2D eigenvalue weighted by molar-refractivity contribution is 14.1. The number of halogens is 2. The smallest absolute Gasteiger partial charge is 0.171 e. The maximum absolute atomic E-state index is 13.1. The van der Waals surface area contributed by atoms with E-state index < -0.39 is 5.82 Å². The van der Waals surface area contributed by atoms with Gasteiger partial charge in [-0.2, -0.15) is 0 Å². The minimum absolute atomic E-state index is 0.247. The van der Waals surface area contributed by atoms with Crippen molar-refractivity contribution in [2.24, 2.45) is 0 Å². The lowest BCUT2D eigenvalue weighted by molar-refractivity contribution is 0.0893. The van der Waals surface area contributed by atoms with Gasteiger partial charge in [0, 0.05) is 14.7 Å². The van der Waals surface area contributed by atoms with Crippen molar-refractivity contribution in [1.82, 2.24) is 0 Å². The van der Waals surface area contributed by atoms with Crippen molar-refractivity contribution in [2.45, 2.75) is 6.42 Å². The molecule has 0 fully saturated rings. The topological polar surface area (TPSA) is 34.1 Å².